The molecular formula is C30H50O3. The molecule has 5 saturated carbocycles. The summed E-state index contributed by atoms with van der Waals surface area (Å²) in [4.78, 5) is 12.8. The second kappa shape index (κ2) is 7.09. The van der Waals surface area contributed by atoms with Gasteiger partial charge in [-0.15, -0.1) is 0 Å². The molecule has 0 amide bonds. The van der Waals surface area contributed by atoms with E-state index in [1.165, 1.54) is 32.1 Å². The fourth-order valence-corrected chi connectivity index (χ4v) is 11.2. The lowest BCUT2D eigenvalue weighted by atomic mass is 9.29. The Labute approximate surface area is 202 Å². The average molecular weight is 459 g/mol. The van der Waals surface area contributed by atoms with Crippen LogP contribution in [-0.2, 0) is 4.79 Å². The summed E-state index contributed by atoms with van der Waals surface area (Å²) in [5.74, 6) is 1.77. The number of ketones is 1. The van der Waals surface area contributed by atoms with Crippen LogP contribution in [0.2, 0.25) is 0 Å². The second-order valence-corrected chi connectivity index (χ2v) is 15.2. The van der Waals surface area contributed by atoms with E-state index < -0.39 is 6.10 Å². The number of Topliss-reactive ketones (excluding diaryl/α,β-unsaturated/α-hetero) is 1. The van der Waals surface area contributed by atoms with Crippen LogP contribution in [-0.4, -0.2) is 28.7 Å². The minimum atomic E-state index is -0.397. The summed E-state index contributed by atoms with van der Waals surface area (Å²) < 4.78 is 0. The molecule has 3 heteroatoms. The Hall–Kier alpha value is -0.410. The molecule has 5 fully saturated rings. The molecule has 0 bridgehead atoms. The summed E-state index contributed by atoms with van der Waals surface area (Å²) in [5, 5.41) is 22.4. The Bertz CT molecular complexity index is 834. The number of aliphatic hydroxyl groups excluding tert-OH is 2. The maximum absolute atomic E-state index is 12.8. The van der Waals surface area contributed by atoms with Crippen LogP contribution in [0.1, 0.15) is 113 Å². The summed E-state index contributed by atoms with van der Waals surface area (Å²) in [6.45, 7) is 17.2. The first-order chi connectivity index (χ1) is 15.2. The quantitative estimate of drug-likeness (QED) is 0.478. The van der Waals surface area contributed by atoms with E-state index in [0.717, 1.165) is 25.7 Å². The lowest BCUT2D eigenvalue weighted by Crippen LogP contribution is -2.70. The zero-order valence-electron chi connectivity index (χ0n) is 22.5. The van der Waals surface area contributed by atoms with Gasteiger partial charge in [0.2, 0.25) is 0 Å². The summed E-state index contributed by atoms with van der Waals surface area (Å²) in [7, 11) is 0. The molecule has 5 aliphatic rings. The van der Waals surface area contributed by atoms with Crippen LogP contribution in [0.5, 0.6) is 0 Å². The van der Waals surface area contributed by atoms with Gasteiger partial charge in [0.25, 0.3) is 0 Å². The standard InChI is InChI=1S/C30H50O3/c1-19-20(32)8-9-21-26(4)11-12-28(6)23-17-25(2,3)10-14-30(23,18-31)15-13-27(28,5)22(26)16-24(33)29(19,21)7/h19,21-24,31,33H,8-18H2,1-7H3/t19-,21-,22-,23-,24+,26-,27+,28-,29+,30+/m0/s1. The first-order valence-electron chi connectivity index (χ1n) is 14.0. The smallest absolute Gasteiger partial charge is 0.136 e. The monoisotopic (exact) mass is 458 g/mol. The third-order valence-corrected chi connectivity index (χ3v) is 13.9. The number of rotatable bonds is 1. The fraction of sp³-hybridized carbons (Fsp3) is 0.967. The van der Waals surface area contributed by atoms with Crippen molar-refractivity contribution in [3.8, 4) is 0 Å². The van der Waals surface area contributed by atoms with Gasteiger partial charge in [-0.1, -0.05) is 48.5 Å². The molecule has 0 radical (unpaired) electrons. The van der Waals surface area contributed by atoms with Crippen molar-refractivity contribution in [2.75, 3.05) is 6.61 Å². The highest BCUT2D eigenvalue weighted by Gasteiger charge is 2.72. The van der Waals surface area contributed by atoms with Gasteiger partial charge in [0, 0.05) is 24.4 Å². The molecule has 0 aliphatic heterocycles. The van der Waals surface area contributed by atoms with Gasteiger partial charge in [0.15, 0.2) is 0 Å². The van der Waals surface area contributed by atoms with Gasteiger partial charge in [-0.05, 0) is 103 Å². The summed E-state index contributed by atoms with van der Waals surface area (Å²) >= 11 is 0. The normalized spacial score (nSPS) is 58.0. The molecule has 0 aromatic carbocycles. The number of carbonyl (C=O) groups excluding carboxylic acids is 1. The molecular weight excluding hydrogens is 408 g/mol. The van der Waals surface area contributed by atoms with Crippen molar-refractivity contribution in [2.24, 2.45) is 56.2 Å². The highest BCUT2D eigenvalue weighted by molar-refractivity contribution is 5.82. The summed E-state index contributed by atoms with van der Waals surface area (Å²) in [6.07, 6.45) is 10.4. The van der Waals surface area contributed by atoms with Gasteiger partial charge >= 0.3 is 0 Å². The maximum atomic E-state index is 12.8. The van der Waals surface area contributed by atoms with Crippen LogP contribution >= 0.6 is 0 Å². The van der Waals surface area contributed by atoms with Crippen LogP contribution in [0, 0.1) is 56.2 Å². The second-order valence-electron chi connectivity index (χ2n) is 15.2. The molecule has 2 N–H and O–H groups in total. The minimum absolute atomic E-state index is 0.0438. The zero-order valence-corrected chi connectivity index (χ0v) is 22.5. The fourth-order valence-electron chi connectivity index (χ4n) is 11.2. The molecule has 10 atom stereocenters. The number of aliphatic hydroxyl groups is 2. The van der Waals surface area contributed by atoms with E-state index in [1.54, 1.807) is 0 Å². The molecule has 5 rings (SSSR count). The lowest BCUT2D eigenvalue weighted by Gasteiger charge is -2.75. The molecule has 0 unspecified atom stereocenters. The van der Waals surface area contributed by atoms with E-state index in [2.05, 4.69) is 48.5 Å². The highest BCUT2D eigenvalue weighted by Crippen LogP contribution is 2.78. The van der Waals surface area contributed by atoms with Crippen molar-refractivity contribution in [1.82, 2.24) is 0 Å². The Morgan fingerprint density at radius 3 is 2.12 bits per heavy atom. The van der Waals surface area contributed by atoms with Crippen molar-refractivity contribution < 1.29 is 15.0 Å². The van der Waals surface area contributed by atoms with Gasteiger partial charge < -0.3 is 10.2 Å². The Balaban J connectivity index is 1.58. The number of carbonyl (C=O) groups is 1. The van der Waals surface area contributed by atoms with Crippen molar-refractivity contribution in [2.45, 2.75) is 119 Å². The van der Waals surface area contributed by atoms with E-state index in [4.69, 9.17) is 0 Å². The van der Waals surface area contributed by atoms with Crippen LogP contribution in [0.3, 0.4) is 0 Å². The van der Waals surface area contributed by atoms with Crippen LogP contribution in [0.25, 0.3) is 0 Å². The van der Waals surface area contributed by atoms with E-state index >= 15 is 0 Å². The Kier molecular flexibility index (Phi) is 5.22. The minimum Gasteiger partial charge on any atom is -0.396 e. The van der Waals surface area contributed by atoms with E-state index in [-0.39, 0.29) is 33.0 Å². The van der Waals surface area contributed by atoms with E-state index in [0.29, 0.717) is 42.0 Å². The first kappa shape index (κ1) is 24.3. The average Bonchev–Trinajstić information content (AvgIpc) is 2.76. The molecule has 0 heterocycles. The predicted octanol–water partition coefficient (Wildman–Crippen LogP) is 6.40. The SMILES string of the molecule is C[C@H]1C(=O)CC[C@H]2[C@]3(C)CC[C@@]4(C)[C@@H]5CC(C)(C)CC[C@]5(CO)CC[C@]4(C)[C@H]3C[C@@H](O)[C@]12C. The number of fused-ring (bicyclic) bond motifs is 7. The van der Waals surface area contributed by atoms with Gasteiger partial charge in [0.05, 0.1) is 6.10 Å². The van der Waals surface area contributed by atoms with Gasteiger partial charge in [-0.25, -0.2) is 0 Å². The third kappa shape index (κ3) is 2.85. The van der Waals surface area contributed by atoms with Crippen LogP contribution in [0.15, 0.2) is 0 Å². The summed E-state index contributed by atoms with van der Waals surface area (Å²) in [6, 6.07) is 0. The van der Waals surface area contributed by atoms with Crippen molar-refractivity contribution >= 4 is 5.78 Å². The Morgan fingerprint density at radius 1 is 0.848 bits per heavy atom. The summed E-state index contributed by atoms with van der Waals surface area (Å²) in [5.41, 5.74) is 0.686. The first-order valence-corrected chi connectivity index (χ1v) is 14.0. The Morgan fingerprint density at radius 2 is 1.45 bits per heavy atom. The molecule has 0 aromatic rings. The topological polar surface area (TPSA) is 57.5 Å². The van der Waals surface area contributed by atoms with E-state index in [9.17, 15) is 15.0 Å². The van der Waals surface area contributed by atoms with Crippen molar-refractivity contribution in [3.05, 3.63) is 0 Å². The third-order valence-electron chi connectivity index (χ3n) is 13.9. The lowest BCUT2D eigenvalue weighted by molar-refractivity contribution is -0.280. The van der Waals surface area contributed by atoms with Gasteiger partial charge in [0.1, 0.15) is 5.78 Å². The van der Waals surface area contributed by atoms with Crippen LogP contribution in [0.4, 0.5) is 0 Å². The molecule has 188 valence electrons. The molecule has 33 heavy (non-hydrogen) atoms. The maximum Gasteiger partial charge on any atom is 0.136 e. The van der Waals surface area contributed by atoms with Crippen molar-refractivity contribution in [3.63, 3.8) is 0 Å². The molecule has 0 spiro atoms. The largest absolute Gasteiger partial charge is 0.396 e. The molecule has 0 aromatic heterocycles. The van der Waals surface area contributed by atoms with Gasteiger partial charge in [-0.3, -0.25) is 4.79 Å². The molecule has 3 nitrogen and oxygen atoms in total. The highest BCUT2D eigenvalue weighted by atomic mass is 16.3. The van der Waals surface area contributed by atoms with Gasteiger partial charge in [-0.2, -0.15) is 0 Å². The number of hydrogen-bond acceptors (Lipinski definition) is 3. The van der Waals surface area contributed by atoms with E-state index in [1.807, 2.05) is 0 Å². The predicted molar refractivity (Wildman–Crippen MR) is 133 cm³/mol. The molecule has 5 aliphatic carbocycles. The zero-order chi connectivity index (χ0) is 24.2. The number of hydrogen-bond donors (Lipinski definition) is 2. The van der Waals surface area contributed by atoms with Crippen LogP contribution < -0.4 is 0 Å². The molecule has 0 saturated heterocycles. The van der Waals surface area contributed by atoms with Crippen molar-refractivity contribution in [1.29, 1.82) is 0 Å².